The summed E-state index contributed by atoms with van der Waals surface area (Å²) in [6, 6.07) is 6.02. The first kappa shape index (κ1) is 20.0. The van der Waals surface area contributed by atoms with Crippen molar-refractivity contribution >= 4 is 86.9 Å². The van der Waals surface area contributed by atoms with Crippen LogP contribution in [0.1, 0.15) is 10.5 Å². The average Bonchev–Trinajstić information content (AvgIpc) is 2.99. The van der Waals surface area contributed by atoms with Gasteiger partial charge < -0.3 is 5.11 Å². The maximum Gasteiger partial charge on any atom is 0.356 e. The molecule has 2 aromatic carbocycles. The number of carboxylic acids is 1. The molecular weight excluding hydrogens is 483 g/mol. The third kappa shape index (κ3) is 3.78. The Morgan fingerprint density at radius 3 is 1.88 bits per heavy atom. The van der Waals surface area contributed by atoms with Gasteiger partial charge in [0.1, 0.15) is 5.01 Å². The van der Waals surface area contributed by atoms with E-state index in [1.165, 1.54) is 18.2 Å². The Morgan fingerprint density at radius 2 is 1.35 bits per heavy atom. The lowest BCUT2D eigenvalue weighted by molar-refractivity contribution is 0.0692. The molecule has 0 saturated heterocycles. The zero-order chi connectivity index (χ0) is 19.2. The van der Waals surface area contributed by atoms with Crippen molar-refractivity contribution in [1.29, 1.82) is 0 Å². The molecule has 0 atom stereocenters. The molecule has 1 heterocycles. The molecule has 3 nitrogen and oxygen atoms in total. The molecule has 0 aliphatic carbocycles. The molecule has 0 saturated carbocycles. The predicted octanol–water partition coefficient (Wildman–Crippen LogP) is 8.10. The summed E-state index contributed by atoms with van der Waals surface area (Å²) in [5.41, 5.74) is 0.555. The summed E-state index contributed by atoms with van der Waals surface area (Å²) in [5.74, 6) is -1.24. The number of carboxylic acid groups (broad SMARTS) is 1. The normalized spacial score (nSPS) is 11.0. The van der Waals surface area contributed by atoms with Crippen molar-refractivity contribution in [2.45, 2.75) is 0 Å². The maximum atomic E-state index is 11.7. The maximum absolute atomic E-state index is 11.7. The Balaban J connectivity index is 2.29. The van der Waals surface area contributed by atoms with Gasteiger partial charge in [-0.05, 0) is 24.3 Å². The SMILES string of the molecule is O=C(O)c1nc(-c2cc(Cl)cc(Cl)c2Cl)sc1-c1cc(Cl)cc(Cl)c1Cl. The molecule has 0 radical (unpaired) electrons. The molecule has 0 bridgehead atoms. The number of rotatable bonds is 3. The molecule has 26 heavy (non-hydrogen) atoms. The number of benzene rings is 2. The van der Waals surface area contributed by atoms with Gasteiger partial charge in [0, 0.05) is 21.2 Å². The lowest BCUT2D eigenvalue weighted by Crippen LogP contribution is -1.99. The van der Waals surface area contributed by atoms with E-state index in [1.807, 2.05) is 0 Å². The quantitative estimate of drug-likeness (QED) is 0.380. The van der Waals surface area contributed by atoms with Crippen molar-refractivity contribution in [3.05, 3.63) is 60.1 Å². The van der Waals surface area contributed by atoms with Crippen LogP contribution in [0.4, 0.5) is 0 Å². The van der Waals surface area contributed by atoms with Crippen molar-refractivity contribution in [2.75, 3.05) is 0 Å². The van der Waals surface area contributed by atoms with Gasteiger partial charge in [0.15, 0.2) is 5.69 Å². The van der Waals surface area contributed by atoms with Gasteiger partial charge in [-0.25, -0.2) is 9.78 Å². The second-order valence-corrected chi connectivity index (χ2v) is 8.44. The molecule has 3 aromatic rings. The summed E-state index contributed by atoms with van der Waals surface area (Å²) in [7, 11) is 0. The highest BCUT2D eigenvalue weighted by Gasteiger charge is 2.24. The molecule has 0 aliphatic heterocycles. The summed E-state index contributed by atoms with van der Waals surface area (Å²) in [6.45, 7) is 0. The second kappa shape index (κ2) is 7.72. The van der Waals surface area contributed by atoms with Crippen molar-refractivity contribution in [1.82, 2.24) is 4.98 Å². The van der Waals surface area contributed by atoms with Crippen molar-refractivity contribution in [2.24, 2.45) is 0 Å². The van der Waals surface area contributed by atoms with Gasteiger partial charge in [0.05, 0.1) is 25.0 Å². The highest BCUT2D eigenvalue weighted by molar-refractivity contribution is 7.19. The summed E-state index contributed by atoms with van der Waals surface area (Å²) in [4.78, 5) is 16.1. The molecule has 1 N–H and O–H groups in total. The minimum absolute atomic E-state index is 0.170. The minimum Gasteiger partial charge on any atom is -0.476 e. The summed E-state index contributed by atoms with van der Waals surface area (Å²) in [5, 5.41) is 11.3. The Hall–Kier alpha value is -0.720. The van der Waals surface area contributed by atoms with Crippen LogP contribution < -0.4 is 0 Å². The van der Waals surface area contributed by atoms with Crippen LogP contribution in [0, 0.1) is 0 Å². The monoisotopic (exact) mass is 485 g/mol. The fourth-order valence-corrected chi connectivity index (χ4v) is 4.80. The van der Waals surface area contributed by atoms with E-state index in [9.17, 15) is 9.90 Å². The third-order valence-corrected chi connectivity index (χ3v) is 6.45. The van der Waals surface area contributed by atoms with E-state index in [4.69, 9.17) is 69.6 Å². The summed E-state index contributed by atoms with van der Waals surface area (Å²) < 4.78 is 0. The highest BCUT2D eigenvalue weighted by Crippen LogP contribution is 2.45. The Labute approximate surface area is 182 Å². The van der Waals surface area contributed by atoms with Crippen LogP contribution in [0.5, 0.6) is 0 Å². The van der Waals surface area contributed by atoms with E-state index in [2.05, 4.69) is 4.98 Å². The fraction of sp³-hybridized carbons (Fsp3) is 0. The molecule has 0 amide bonds. The van der Waals surface area contributed by atoms with Gasteiger partial charge in [-0.3, -0.25) is 0 Å². The van der Waals surface area contributed by atoms with Crippen LogP contribution in [-0.4, -0.2) is 16.1 Å². The number of carbonyl (C=O) groups is 1. The van der Waals surface area contributed by atoms with E-state index in [1.54, 1.807) is 6.07 Å². The van der Waals surface area contributed by atoms with E-state index < -0.39 is 5.97 Å². The highest BCUT2D eigenvalue weighted by atomic mass is 35.5. The second-order valence-electron chi connectivity index (χ2n) is 5.00. The molecule has 10 heteroatoms. The fourth-order valence-electron chi connectivity index (χ4n) is 2.20. The van der Waals surface area contributed by atoms with Crippen molar-refractivity contribution < 1.29 is 9.90 Å². The predicted molar refractivity (Wildman–Crippen MR) is 110 cm³/mol. The number of aromatic carboxylic acids is 1. The standard InChI is InChI=1S/C16H5Cl6NO2S/c17-5-1-7(11(21)9(19)3-5)14-13(16(24)25)23-15(26-14)8-2-6(18)4-10(20)12(8)22/h1-4H,(H,24,25). The molecular formula is C16H5Cl6NO2S. The van der Waals surface area contributed by atoms with Crippen LogP contribution in [0.25, 0.3) is 21.0 Å². The topological polar surface area (TPSA) is 50.2 Å². The van der Waals surface area contributed by atoms with Gasteiger partial charge in [0.2, 0.25) is 0 Å². The zero-order valence-corrected chi connectivity index (χ0v) is 17.6. The van der Waals surface area contributed by atoms with Crippen LogP contribution in [-0.2, 0) is 0 Å². The van der Waals surface area contributed by atoms with Gasteiger partial charge >= 0.3 is 5.97 Å². The third-order valence-electron chi connectivity index (χ3n) is 3.29. The van der Waals surface area contributed by atoms with Gasteiger partial charge in [-0.2, -0.15) is 0 Å². The molecule has 0 aliphatic rings. The largest absolute Gasteiger partial charge is 0.476 e. The average molecular weight is 488 g/mol. The van der Waals surface area contributed by atoms with Crippen LogP contribution >= 0.6 is 80.9 Å². The van der Waals surface area contributed by atoms with E-state index in [0.29, 0.717) is 26.2 Å². The first-order chi connectivity index (χ1) is 12.2. The first-order valence-electron chi connectivity index (χ1n) is 6.73. The van der Waals surface area contributed by atoms with Crippen LogP contribution in [0.15, 0.2) is 24.3 Å². The Bertz CT molecular complexity index is 1050. The molecule has 134 valence electrons. The number of aromatic nitrogens is 1. The number of hydrogen-bond donors (Lipinski definition) is 1. The van der Waals surface area contributed by atoms with E-state index >= 15 is 0 Å². The first-order valence-corrected chi connectivity index (χ1v) is 9.81. The molecule has 3 rings (SSSR count). The van der Waals surface area contributed by atoms with Gasteiger partial charge in [-0.1, -0.05) is 69.6 Å². The number of thiazole rings is 1. The van der Waals surface area contributed by atoms with Crippen molar-refractivity contribution in [3.8, 4) is 21.0 Å². The van der Waals surface area contributed by atoms with E-state index in [0.717, 1.165) is 11.3 Å². The Morgan fingerprint density at radius 1 is 0.846 bits per heavy atom. The summed E-state index contributed by atoms with van der Waals surface area (Å²) >= 11 is 37.7. The minimum atomic E-state index is -1.24. The Kier molecular flexibility index (Phi) is 5.95. The molecule has 0 unspecified atom stereocenters. The zero-order valence-electron chi connectivity index (χ0n) is 12.3. The van der Waals surface area contributed by atoms with Crippen molar-refractivity contribution in [3.63, 3.8) is 0 Å². The lowest BCUT2D eigenvalue weighted by Gasteiger charge is -2.05. The van der Waals surface area contributed by atoms with E-state index in [-0.39, 0.29) is 30.7 Å². The number of nitrogens with zero attached hydrogens (tertiary/aromatic N) is 1. The molecule has 1 aromatic heterocycles. The van der Waals surface area contributed by atoms with Gasteiger partial charge in [0.25, 0.3) is 0 Å². The lowest BCUT2D eigenvalue weighted by atomic mass is 10.1. The number of hydrogen-bond acceptors (Lipinski definition) is 3. The summed E-state index contributed by atoms with van der Waals surface area (Å²) in [6.07, 6.45) is 0. The van der Waals surface area contributed by atoms with Crippen LogP contribution in [0.2, 0.25) is 30.1 Å². The smallest absolute Gasteiger partial charge is 0.356 e. The molecule has 0 spiro atoms. The molecule has 0 fully saturated rings. The van der Waals surface area contributed by atoms with Gasteiger partial charge in [-0.15, -0.1) is 11.3 Å². The number of halogens is 6. The van der Waals surface area contributed by atoms with Crippen LogP contribution in [0.3, 0.4) is 0 Å².